The predicted molar refractivity (Wildman–Crippen MR) is 82.2 cm³/mol. The first-order valence-electron chi connectivity index (χ1n) is 7.62. The van der Waals surface area contributed by atoms with Gasteiger partial charge in [0.05, 0.1) is 17.3 Å². The van der Waals surface area contributed by atoms with Crippen molar-refractivity contribution in [1.29, 1.82) is 0 Å². The minimum Gasteiger partial charge on any atom is -0.478 e. The number of fused-ring (bicyclic) bond motifs is 1. The van der Waals surface area contributed by atoms with Crippen LogP contribution in [0.1, 0.15) is 36.5 Å². The maximum atomic E-state index is 11.5. The zero-order valence-electron chi connectivity index (χ0n) is 12.6. The third kappa shape index (κ3) is 2.76. The van der Waals surface area contributed by atoms with Crippen LogP contribution in [-0.2, 0) is 11.3 Å². The van der Waals surface area contributed by atoms with E-state index in [1.54, 1.807) is 10.9 Å². The molecular formula is C15H20N4O3. The van der Waals surface area contributed by atoms with Crippen molar-refractivity contribution in [3.8, 4) is 0 Å². The molecular weight excluding hydrogens is 284 g/mol. The lowest BCUT2D eigenvalue weighted by atomic mass is 10.1. The maximum absolute atomic E-state index is 11.5. The monoisotopic (exact) mass is 304 g/mol. The number of hydrogen-bond acceptors (Lipinski definition) is 5. The van der Waals surface area contributed by atoms with E-state index in [2.05, 4.69) is 15.4 Å². The number of aromatic carboxylic acids is 1. The van der Waals surface area contributed by atoms with E-state index in [9.17, 15) is 9.90 Å². The first kappa shape index (κ1) is 14.8. The van der Waals surface area contributed by atoms with Crippen LogP contribution in [-0.4, -0.2) is 45.1 Å². The number of nitrogens with one attached hydrogen (secondary N) is 1. The largest absolute Gasteiger partial charge is 0.478 e. The lowest BCUT2D eigenvalue weighted by molar-refractivity contribution is 0.0697. The molecule has 1 aliphatic heterocycles. The molecule has 118 valence electrons. The van der Waals surface area contributed by atoms with E-state index in [4.69, 9.17) is 4.74 Å². The molecule has 1 unspecified atom stereocenters. The van der Waals surface area contributed by atoms with Crippen molar-refractivity contribution in [2.75, 3.05) is 18.5 Å². The Morgan fingerprint density at radius 1 is 1.45 bits per heavy atom. The normalized spacial score (nSPS) is 19.0. The van der Waals surface area contributed by atoms with Gasteiger partial charge in [0.2, 0.25) is 0 Å². The molecule has 0 radical (unpaired) electrons. The summed E-state index contributed by atoms with van der Waals surface area (Å²) in [5.74, 6) is -0.981. The van der Waals surface area contributed by atoms with Crippen molar-refractivity contribution in [1.82, 2.24) is 14.8 Å². The molecule has 1 atom stereocenters. The Morgan fingerprint density at radius 2 is 2.32 bits per heavy atom. The van der Waals surface area contributed by atoms with Gasteiger partial charge in [-0.1, -0.05) is 0 Å². The molecule has 0 amide bonds. The topological polar surface area (TPSA) is 89.3 Å². The summed E-state index contributed by atoms with van der Waals surface area (Å²) in [4.78, 5) is 15.8. The number of carbonyl (C=O) groups is 1. The summed E-state index contributed by atoms with van der Waals surface area (Å²) in [7, 11) is 0. The van der Waals surface area contributed by atoms with E-state index in [1.165, 1.54) is 6.20 Å². The minimum absolute atomic E-state index is 0.188. The number of ether oxygens (including phenoxy) is 1. The molecule has 1 fully saturated rings. The summed E-state index contributed by atoms with van der Waals surface area (Å²) in [6.07, 6.45) is 5.90. The number of nitrogens with zero attached hydrogens (tertiary/aromatic N) is 3. The van der Waals surface area contributed by atoms with Gasteiger partial charge in [0, 0.05) is 32.0 Å². The highest BCUT2D eigenvalue weighted by molar-refractivity contribution is 6.03. The average molecular weight is 304 g/mol. The third-order valence-electron chi connectivity index (χ3n) is 4.00. The fourth-order valence-corrected chi connectivity index (χ4v) is 2.83. The maximum Gasteiger partial charge on any atom is 0.339 e. The molecule has 0 spiro atoms. The summed E-state index contributed by atoms with van der Waals surface area (Å²) >= 11 is 0. The summed E-state index contributed by atoms with van der Waals surface area (Å²) in [6, 6.07) is 0.205. The van der Waals surface area contributed by atoms with E-state index in [0.717, 1.165) is 31.3 Å². The van der Waals surface area contributed by atoms with Crippen LogP contribution >= 0.6 is 0 Å². The van der Waals surface area contributed by atoms with Crippen molar-refractivity contribution in [2.24, 2.45) is 0 Å². The Bertz CT molecular complexity index is 675. The molecule has 0 aliphatic carbocycles. The van der Waals surface area contributed by atoms with Gasteiger partial charge in [-0.05, 0) is 26.2 Å². The predicted octanol–water partition coefficient (Wildman–Crippen LogP) is 2.13. The van der Waals surface area contributed by atoms with Gasteiger partial charge in [-0.3, -0.25) is 0 Å². The second-order valence-corrected chi connectivity index (χ2v) is 5.43. The molecule has 0 bridgehead atoms. The van der Waals surface area contributed by atoms with Crippen molar-refractivity contribution in [3.63, 3.8) is 0 Å². The van der Waals surface area contributed by atoms with E-state index < -0.39 is 5.97 Å². The van der Waals surface area contributed by atoms with Crippen LogP contribution < -0.4 is 5.32 Å². The van der Waals surface area contributed by atoms with E-state index in [-0.39, 0.29) is 11.6 Å². The van der Waals surface area contributed by atoms with Crippen LogP contribution in [0.3, 0.4) is 0 Å². The summed E-state index contributed by atoms with van der Waals surface area (Å²) in [6.45, 7) is 4.14. The van der Waals surface area contributed by atoms with Gasteiger partial charge in [-0.15, -0.1) is 0 Å². The SMILES string of the molecule is CCn1ncc2c(NC3CCCOCC3)c(C(=O)O)cnc21. The fraction of sp³-hybridized carbons (Fsp3) is 0.533. The van der Waals surface area contributed by atoms with Gasteiger partial charge < -0.3 is 15.2 Å². The molecule has 22 heavy (non-hydrogen) atoms. The first-order chi connectivity index (χ1) is 10.7. The summed E-state index contributed by atoms with van der Waals surface area (Å²) in [5.41, 5.74) is 1.51. The van der Waals surface area contributed by atoms with Crippen molar-refractivity contribution >= 4 is 22.7 Å². The number of rotatable bonds is 4. The number of hydrogen-bond donors (Lipinski definition) is 2. The minimum atomic E-state index is -0.981. The van der Waals surface area contributed by atoms with Crippen molar-refractivity contribution in [2.45, 2.75) is 38.8 Å². The van der Waals surface area contributed by atoms with E-state index >= 15 is 0 Å². The van der Waals surface area contributed by atoms with E-state index in [0.29, 0.717) is 24.5 Å². The molecule has 3 rings (SSSR count). The highest BCUT2D eigenvalue weighted by Gasteiger charge is 2.21. The van der Waals surface area contributed by atoms with Crippen LogP contribution in [0, 0.1) is 0 Å². The number of pyridine rings is 1. The molecule has 0 aromatic carbocycles. The van der Waals surface area contributed by atoms with Crippen LogP contribution in [0.15, 0.2) is 12.4 Å². The number of carboxylic acids is 1. The van der Waals surface area contributed by atoms with Gasteiger partial charge in [-0.25, -0.2) is 14.5 Å². The standard InChI is InChI=1S/C15H20N4O3/c1-2-19-14-11(9-17-19)13(12(8-16-14)15(20)21)18-10-4-3-6-22-7-5-10/h8-10H,2-7H2,1H3,(H,16,18)(H,20,21). The number of carboxylic acid groups (broad SMARTS) is 1. The van der Waals surface area contributed by atoms with Gasteiger partial charge >= 0.3 is 5.97 Å². The molecule has 2 aromatic rings. The number of aryl methyl sites for hydroxylation is 1. The van der Waals surface area contributed by atoms with Crippen LogP contribution in [0.2, 0.25) is 0 Å². The lowest BCUT2D eigenvalue weighted by Gasteiger charge is -2.19. The Hall–Kier alpha value is -2.15. The second kappa shape index (κ2) is 6.31. The van der Waals surface area contributed by atoms with Crippen molar-refractivity contribution < 1.29 is 14.6 Å². The number of anilines is 1. The lowest BCUT2D eigenvalue weighted by Crippen LogP contribution is -2.21. The van der Waals surface area contributed by atoms with Crippen molar-refractivity contribution in [3.05, 3.63) is 18.0 Å². The quantitative estimate of drug-likeness (QED) is 0.899. The molecule has 2 N–H and O–H groups in total. The highest BCUT2D eigenvalue weighted by Crippen LogP contribution is 2.28. The average Bonchev–Trinajstić information content (AvgIpc) is 2.76. The summed E-state index contributed by atoms with van der Waals surface area (Å²) < 4.78 is 7.23. The van der Waals surface area contributed by atoms with E-state index in [1.807, 2.05) is 6.92 Å². The van der Waals surface area contributed by atoms with Gasteiger partial charge in [0.1, 0.15) is 5.56 Å². The highest BCUT2D eigenvalue weighted by atomic mass is 16.5. The zero-order valence-corrected chi connectivity index (χ0v) is 12.6. The first-order valence-corrected chi connectivity index (χ1v) is 7.62. The molecule has 7 nitrogen and oxygen atoms in total. The van der Waals surface area contributed by atoms with Gasteiger partial charge in [-0.2, -0.15) is 5.10 Å². The Balaban J connectivity index is 2.02. The molecule has 0 saturated carbocycles. The zero-order chi connectivity index (χ0) is 15.5. The van der Waals surface area contributed by atoms with Gasteiger partial charge in [0.25, 0.3) is 0 Å². The van der Waals surface area contributed by atoms with Gasteiger partial charge in [0.15, 0.2) is 5.65 Å². The molecule has 7 heteroatoms. The Kier molecular flexibility index (Phi) is 4.24. The smallest absolute Gasteiger partial charge is 0.339 e. The van der Waals surface area contributed by atoms with Crippen LogP contribution in [0.4, 0.5) is 5.69 Å². The molecule has 1 aliphatic rings. The Labute approximate surface area is 128 Å². The van der Waals surface area contributed by atoms with Crippen LogP contribution in [0.25, 0.3) is 11.0 Å². The second-order valence-electron chi connectivity index (χ2n) is 5.43. The molecule has 1 saturated heterocycles. The third-order valence-corrected chi connectivity index (χ3v) is 4.00. The molecule has 3 heterocycles. The Morgan fingerprint density at radius 3 is 3.09 bits per heavy atom. The number of aromatic nitrogens is 3. The van der Waals surface area contributed by atoms with Crippen LogP contribution in [0.5, 0.6) is 0 Å². The summed E-state index contributed by atoms with van der Waals surface area (Å²) in [5, 5.41) is 17.9. The molecule has 2 aromatic heterocycles. The fourth-order valence-electron chi connectivity index (χ4n) is 2.83.